The van der Waals surface area contributed by atoms with Gasteiger partial charge >= 0.3 is 5.97 Å². The van der Waals surface area contributed by atoms with Crippen LogP contribution in [0.5, 0.6) is 0 Å². The average molecular weight is 491 g/mol. The van der Waals surface area contributed by atoms with Crippen molar-refractivity contribution in [2.75, 3.05) is 37.7 Å². The highest BCUT2D eigenvalue weighted by molar-refractivity contribution is 5.94. The summed E-state index contributed by atoms with van der Waals surface area (Å²) in [5, 5.41) is 11.4. The highest BCUT2D eigenvalue weighted by atomic mass is 19.1. The highest BCUT2D eigenvalue weighted by Gasteiger charge is 2.42. The van der Waals surface area contributed by atoms with Gasteiger partial charge in [0.1, 0.15) is 5.82 Å². The van der Waals surface area contributed by atoms with Gasteiger partial charge in [-0.1, -0.05) is 60.7 Å². The van der Waals surface area contributed by atoms with Crippen molar-refractivity contribution in [3.05, 3.63) is 101 Å². The number of hydrogen-bond donors (Lipinski definition) is 1. The number of aliphatic hydroxyl groups is 1. The smallest absolute Gasteiger partial charge is 0.348 e. The third kappa shape index (κ3) is 5.13. The van der Waals surface area contributed by atoms with Crippen molar-refractivity contribution in [1.82, 2.24) is 4.90 Å². The molecule has 186 valence electrons. The summed E-state index contributed by atoms with van der Waals surface area (Å²) in [7, 11) is 0. The van der Waals surface area contributed by atoms with Crippen molar-refractivity contribution in [3.8, 4) is 0 Å². The molecule has 0 aromatic heterocycles. The molecule has 0 radical (unpaired) electrons. The molecular weight excluding hydrogens is 463 g/mol. The van der Waals surface area contributed by atoms with Crippen molar-refractivity contribution >= 4 is 23.3 Å². The van der Waals surface area contributed by atoms with Gasteiger partial charge in [-0.15, -0.1) is 0 Å². The van der Waals surface area contributed by atoms with E-state index in [9.17, 15) is 23.9 Å². The molecule has 4 rings (SSSR count). The summed E-state index contributed by atoms with van der Waals surface area (Å²) in [4.78, 5) is 40.7. The van der Waals surface area contributed by atoms with E-state index in [0.29, 0.717) is 48.6 Å². The maximum Gasteiger partial charge on any atom is 0.348 e. The standard InChI is InChI=1S/C28H27FN2O5/c1-20(32)21-12-13-25(24(29)18-21)30-14-16-31(17-15-30)26(33)19-36-27(34)28(35,22-8-4-2-5-9-22)23-10-6-3-7-11-23/h2-13,18,35H,14-17,19H2,1H3. The summed E-state index contributed by atoms with van der Waals surface area (Å²) in [6, 6.07) is 21.2. The molecule has 0 bridgehead atoms. The molecule has 1 aliphatic heterocycles. The molecule has 0 saturated carbocycles. The molecular formula is C28H27FN2O5. The molecule has 3 aromatic rings. The number of benzene rings is 3. The van der Waals surface area contributed by atoms with Gasteiger partial charge < -0.3 is 19.6 Å². The van der Waals surface area contributed by atoms with Crippen LogP contribution >= 0.6 is 0 Å². The lowest BCUT2D eigenvalue weighted by atomic mass is 9.86. The first-order valence-electron chi connectivity index (χ1n) is 11.6. The van der Waals surface area contributed by atoms with Gasteiger partial charge in [0.2, 0.25) is 5.60 Å². The molecule has 1 saturated heterocycles. The molecule has 1 N–H and O–H groups in total. The maximum absolute atomic E-state index is 14.5. The van der Waals surface area contributed by atoms with Crippen LogP contribution in [0.1, 0.15) is 28.4 Å². The number of esters is 1. The summed E-state index contributed by atoms with van der Waals surface area (Å²) in [5.74, 6) is -2.05. The summed E-state index contributed by atoms with van der Waals surface area (Å²) < 4.78 is 19.8. The lowest BCUT2D eigenvalue weighted by Crippen LogP contribution is -2.50. The lowest BCUT2D eigenvalue weighted by molar-refractivity contribution is -0.166. The van der Waals surface area contributed by atoms with Crippen LogP contribution in [-0.2, 0) is 19.9 Å². The Labute approximate surface area is 208 Å². The number of ether oxygens (including phenoxy) is 1. The number of piperazine rings is 1. The summed E-state index contributed by atoms with van der Waals surface area (Å²) in [6.07, 6.45) is 0. The summed E-state index contributed by atoms with van der Waals surface area (Å²) >= 11 is 0. The number of anilines is 1. The Morgan fingerprint density at radius 1 is 0.889 bits per heavy atom. The number of Topliss-reactive ketones (excluding diaryl/α,β-unsaturated/α-hetero) is 1. The quantitative estimate of drug-likeness (QED) is 0.405. The topological polar surface area (TPSA) is 87.2 Å². The second kappa shape index (κ2) is 10.7. The van der Waals surface area contributed by atoms with E-state index in [0.717, 1.165) is 0 Å². The Bertz CT molecular complexity index is 1200. The second-order valence-corrected chi connectivity index (χ2v) is 8.61. The zero-order chi connectivity index (χ0) is 25.7. The van der Waals surface area contributed by atoms with E-state index in [1.807, 2.05) is 0 Å². The maximum atomic E-state index is 14.5. The molecule has 8 heteroatoms. The van der Waals surface area contributed by atoms with Crippen LogP contribution in [0.15, 0.2) is 78.9 Å². The van der Waals surface area contributed by atoms with Crippen LogP contribution in [0.2, 0.25) is 0 Å². The number of rotatable bonds is 7. The number of carbonyl (C=O) groups is 3. The van der Waals surface area contributed by atoms with Gasteiger partial charge in [0.15, 0.2) is 12.4 Å². The third-order valence-electron chi connectivity index (χ3n) is 6.33. The molecule has 0 atom stereocenters. The molecule has 0 unspecified atom stereocenters. The Kier molecular flexibility index (Phi) is 7.45. The van der Waals surface area contributed by atoms with Crippen LogP contribution in [0.25, 0.3) is 0 Å². The van der Waals surface area contributed by atoms with Crippen LogP contribution in [0, 0.1) is 5.82 Å². The first-order chi connectivity index (χ1) is 17.3. The fourth-order valence-corrected chi connectivity index (χ4v) is 4.26. The number of hydrogen-bond acceptors (Lipinski definition) is 6. The Balaban J connectivity index is 1.38. The van der Waals surface area contributed by atoms with E-state index >= 15 is 0 Å². The Morgan fingerprint density at radius 3 is 1.94 bits per heavy atom. The molecule has 0 aliphatic carbocycles. The average Bonchev–Trinajstić information content (AvgIpc) is 2.92. The van der Waals surface area contributed by atoms with Crippen molar-refractivity contribution in [1.29, 1.82) is 0 Å². The molecule has 1 heterocycles. The van der Waals surface area contributed by atoms with Crippen LogP contribution < -0.4 is 4.90 Å². The van der Waals surface area contributed by atoms with Gasteiger partial charge in [-0.05, 0) is 36.2 Å². The minimum atomic E-state index is -2.06. The lowest BCUT2D eigenvalue weighted by Gasteiger charge is -2.36. The zero-order valence-corrected chi connectivity index (χ0v) is 19.9. The van der Waals surface area contributed by atoms with Gasteiger partial charge in [0, 0.05) is 31.7 Å². The van der Waals surface area contributed by atoms with Crippen molar-refractivity contribution in [2.24, 2.45) is 0 Å². The normalized spacial score (nSPS) is 13.9. The molecule has 3 aromatic carbocycles. The first-order valence-corrected chi connectivity index (χ1v) is 11.6. The van der Waals surface area contributed by atoms with E-state index in [1.54, 1.807) is 77.7 Å². The van der Waals surface area contributed by atoms with Crippen LogP contribution in [0.3, 0.4) is 0 Å². The monoisotopic (exact) mass is 490 g/mol. The van der Waals surface area contributed by atoms with Gasteiger partial charge in [-0.2, -0.15) is 0 Å². The Hall–Kier alpha value is -4.04. The van der Waals surface area contributed by atoms with Gasteiger partial charge in [0.05, 0.1) is 5.69 Å². The molecule has 0 spiro atoms. The van der Waals surface area contributed by atoms with E-state index in [1.165, 1.54) is 17.9 Å². The van der Waals surface area contributed by atoms with Crippen molar-refractivity contribution in [2.45, 2.75) is 12.5 Å². The SMILES string of the molecule is CC(=O)c1ccc(N2CCN(C(=O)COC(=O)C(O)(c3ccccc3)c3ccccc3)CC2)c(F)c1. The molecule has 1 fully saturated rings. The van der Waals surface area contributed by atoms with Crippen LogP contribution in [0.4, 0.5) is 10.1 Å². The van der Waals surface area contributed by atoms with E-state index in [2.05, 4.69) is 0 Å². The molecule has 7 nitrogen and oxygen atoms in total. The summed E-state index contributed by atoms with van der Waals surface area (Å²) in [5.41, 5.74) is -0.724. The largest absolute Gasteiger partial charge is 0.453 e. The minimum Gasteiger partial charge on any atom is -0.453 e. The third-order valence-corrected chi connectivity index (χ3v) is 6.33. The first kappa shape index (κ1) is 25.1. The molecule has 36 heavy (non-hydrogen) atoms. The molecule has 1 aliphatic rings. The van der Waals surface area contributed by atoms with E-state index in [4.69, 9.17) is 4.74 Å². The predicted molar refractivity (Wildman–Crippen MR) is 132 cm³/mol. The number of halogens is 1. The van der Waals surface area contributed by atoms with Crippen molar-refractivity contribution < 1.29 is 28.6 Å². The van der Waals surface area contributed by atoms with Crippen LogP contribution in [-0.4, -0.2) is 60.5 Å². The predicted octanol–water partition coefficient (Wildman–Crippen LogP) is 3.16. The van der Waals surface area contributed by atoms with Gasteiger partial charge in [0.25, 0.3) is 5.91 Å². The van der Waals surface area contributed by atoms with E-state index < -0.39 is 29.9 Å². The fraction of sp³-hybridized carbons (Fsp3) is 0.250. The Morgan fingerprint density at radius 2 is 1.44 bits per heavy atom. The number of amides is 1. The van der Waals surface area contributed by atoms with E-state index in [-0.39, 0.29) is 5.78 Å². The number of ketones is 1. The van der Waals surface area contributed by atoms with Gasteiger partial charge in [-0.25, -0.2) is 9.18 Å². The fourth-order valence-electron chi connectivity index (χ4n) is 4.26. The van der Waals surface area contributed by atoms with Crippen molar-refractivity contribution in [3.63, 3.8) is 0 Å². The molecule has 1 amide bonds. The summed E-state index contributed by atoms with van der Waals surface area (Å²) in [6.45, 7) is 2.24. The number of nitrogens with zero attached hydrogens (tertiary/aromatic N) is 2. The van der Waals surface area contributed by atoms with Gasteiger partial charge in [-0.3, -0.25) is 9.59 Å². The number of carbonyl (C=O) groups excluding carboxylic acids is 3. The minimum absolute atomic E-state index is 0.211. The zero-order valence-electron chi connectivity index (χ0n) is 19.9. The highest BCUT2D eigenvalue weighted by Crippen LogP contribution is 2.31. The second-order valence-electron chi connectivity index (χ2n) is 8.61.